The van der Waals surface area contributed by atoms with Gasteiger partial charge < -0.3 is 4.74 Å². The van der Waals surface area contributed by atoms with Gasteiger partial charge >= 0.3 is 0 Å². The quantitative estimate of drug-likeness (QED) is 0.727. The van der Waals surface area contributed by atoms with Crippen molar-refractivity contribution in [2.24, 2.45) is 0 Å². The maximum absolute atomic E-state index is 12.3. The molecule has 1 heterocycles. The van der Waals surface area contributed by atoms with Crippen LogP contribution in [0.25, 0.3) is 0 Å². The molecule has 0 fully saturated rings. The molecule has 122 valence electrons. The lowest BCUT2D eigenvalue weighted by Crippen LogP contribution is -2.08. The number of carbonyl (C=O) groups is 1. The summed E-state index contributed by atoms with van der Waals surface area (Å²) in [6, 6.07) is 12.2. The lowest BCUT2D eigenvalue weighted by molar-refractivity contribution is -0.118. The second-order valence-electron chi connectivity index (χ2n) is 5.84. The largest absolute Gasteiger partial charge is 0.492 e. The van der Waals surface area contributed by atoms with E-state index in [0.29, 0.717) is 19.4 Å². The second-order valence-corrected chi connectivity index (χ2v) is 5.84. The topological polar surface area (TPSA) is 39.2 Å². The Morgan fingerprint density at radius 3 is 2.35 bits per heavy atom. The third-order valence-electron chi connectivity index (χ3n) is 3.94. The highest BCUT2D eigenvalue weighted by molar-refractivity contribution is 5.81. The summed E-state index contributed by atoms with van der Waals surface area (Å²) < 4.78 is 5.39. The van der Waals surface area contributed by atoms with Crippen LogP contribution in [0.5, 0.6) is 5.75 Å². The number of nitrogens with zero attached hydrogens (tertiary/aromatic N) is 1. The predicted octanol–water partition coefficient (Wildman–Crippen LogP) is 4.35. The molecule has 0 radical (unpaired) electrons. The van der Waals surface area contributed by atoms with Crippen LogP contribution in [-0.2, 0) is 17.6 Å². The minimum Gasteiger partial charge on any atom is -0.492 e. The molecule has 1 aromatic carbocycles. The lowest BCUT2D eigenvalue weighted by Gasteiger charge is -2.11. The summed E-state index contributed by atoms with van der Waals surface area (Å²) in [4.78, 5) is 16.7. The summed E-state index contributed by atoms with van der Waals surface area (Å²) in [7, 11) is 0. The van der Waals surface area contributed by atoms with Gasteiger partial charge in [-0.2, -0.15) is 0 Å². The van der Waals surface area contributed by atoms with Crippen molar-refractivity contribution in [3.05, 3.63) is 59.4 Å². The van der Waals surface area contributed by atoms with Crippen LogP contribution >= 0.6 is 0 Å². The summed E-state index contributed by atoms with van der Waals surface area (Å²) in [6.07, 6.45) is 3.75. The maximum Gasteiger partial charge on any atom is 0.137 e. The molecule has 1 aromatic heterocycles. The number of ether oxygens (including phenoxy) is 1. The lowest BCUT2D eigenvalue weighted by atomic mass is 9.96. The molecule has 0 aliphatic carbocycles. The SMILES string of the molecule is CCOc1ccc([C@@H](C)CC(=O)Cc2ccc(CC)cc2)nc1. The Morgan fingerprint density at radius 1 is 1.09 bits per heavy atom. The zero-order valence-corrected chi connectivity index (χ0v) is 14.2. The highest BCUT2D eigenvalue weighted by Crippen LogP contribution is 2.20. The Bertz CT molecular complexity index is 617. The van der Waals surface area contributed by atoms with Gasteiger partial charge in [0.1, 0.15) is 11.5 Å². The van der Waals surface area contributed by atoms with Crippen molar-refractivity contribution in [3.8, 4) is 5.75 Å². The maximum atomic E-state index is 12.3. The number of rotatable bonds is 8. The number of aryl methyl sites for hydroxylation is 1. The molecule has 3 nitrogen and oxygen atoms in total. The number of pyridine rings is 1. The Hall–Kier alpha value is -2.16. The fourth-order valence-electron chi connectivity index (χ4n) is 2.57. The summed E-state index contributed by atoms with van der Waals surface area (Å²) in [5.74, 6) is 1.14. The standard InChI is InChI=1S/C20H25NO2/c1-4-16-6-8-17(9-7-16)13-18(22)12-15(3)20-11-10-19(14-21-20)23-5-2/h6-11,14-15H,4-5,12-13H2,1-3H3/t15-/m0/s1. The molecule has 2 aromatic rings. The van der Waals surface area contributed by atoms with Gasteiger partial charge in [0.2, 0.25) is 0 Å². The molecule has 0 bridgehead atoms. The first kappa shape index (κ1) is 17.2. The third kappa shape index (κ3) is 5.20. The molecule has 0 saturated heterocycles. The summed E-state index contributed by atoms with van der Waals surface area (Å²) in [5.41, 5.74) is 3.32. The Morgan fingerprint density at radius 2 is 1.78 bits per heavy atom. The van der Waals surface area contributed by atoms with E-state index < -0.39 is 0 Å². The normalized spacial score (nSPS) is 12.0. The zero-order valence-electron chi connectivity index (χ0n) is 14.2. The highest BCUT2D eigenvalue weighted by atomic mass is 16.5. The van der Waals surface area contributed by atoms with E-state index in [4.69, 9.17) is 4.74 Å². The second kappa shape index (κ2) is 8.47. The van der Waals surface area contributed by atoms with Crippen LogP contribution in [0.3, 0.4) is 0 Å². The number of Topliss-reactive ketones (excluding diaryl/α,β-unsaturated/α-hetero) is 1. The van der Waals surface area contributed by atoms with Gasteiger partial charge in [0.25, 0.3) is 0 Å². The van der Waals surface area contributed by atoms with Crippen molar-refractivity contribution < 1.29 is 9.53 Å². The molecule has 0 amide bonds. The van der Waals surface area contributed by atoms with E-state index in [1.54, 1.807) is 6.20 Å². The molecule has 0 aliphatic rings. The van der Waals surface area contributed by atoms with Crippen LogP contribution in [0, 0.1) is 0 Å². The fraction of sp³-hybridized carbons (Fsp3) is 0.400. The van der Waals surface area contributed by atoms with E-state index in [1.165, 1.54) is 5.56 Å². The van der Waals surface area contributed by atoms with Crippen molar-refractivity contribution in [1.82, 2.24) is 4.98 Å². The summed E-state index contributed by atoms with van der Waals surface area (Å²) in [5, 5.41) is 0. The number of hydrogen-bond donors (Lipinski definition) is 0. The van der Waals surface area contributed by atoms with E-state index in [9.17, 15) is 4.79 Å². The highest BCUT2D eigenvalue weighted by Gasteiger charge is 2.13. The molecule has 0 N–H and O–H groups in total. The van der Waals surface area contributed by atoms with E-state index >= 15 is 0 Å². The molecule has 2 rings (SSSR count). The van der Waals surface area contributed by atoms with Crippen LogP contribution in [0.1, 0.15) is 49.9 Å². The number of hydrogen-bond acceptors (Lipinski definition) is 3. The zero-order chi connectivity index (χ0) is 16.7. The minimum atomic E-state index is 0.119. The van der Waals surface area contributed by atoms with E-state index in [-0.39, 0.29) is 11.7 Å². The van der Waals surface area contributed by atoms with Gasteiger partial charge in [-0.25, -0.2) is 0 Å². The van der Waals surface area contributed by atoms with Gasteiger partial charge in [-0.05, 0) is 36.6 Å². The molecule has 23 heavy (non-hydrogen) atoms. The van der Waals surface area contributed by atoms with Crippen LogP contribution in [0.4, 0.5) is 0 Å². The van der Waals surface area contributed by atoms with Crippen molar-refractivity contribution >= 4 is 5.78 Å². The van der Waals surface area contributed by atoms with Gasteiger partial charge in [-0.3, -0.25) is 9.78 Å². The van der Waals surface area contributed by atoms with Crippen LogP contribution in [0.2, 0.25) is 0 Å². The number of ketones is 1. The third-order valence-corrected chi connectivity index (χ3v) is 3.94. The Balaban J connectivity index is 1.90. The molecule has 0 spiro atoms. The number of carbonyl (C=O) groups excluding carboxylic acids is 1. The fourth-order valence-corrected chi connectivity index (χ4v) is 2.57. The van der Waals surface area contributed by atoms with E-state index in [1.807, 2.05) is 26.0 Å². The van der Waals surface area contributed by atoms with Gasteiger partial charge in [0.05, 0.1) is 12.8 Å². The molecule has 0 saturated carbocycles. The first-order chi connectivity index (χ1) is 11.1. The average molecular weight is 311 g/mol. The molecule has 0 unspecified atom stereocenters. The predicted molar refractivity (Wildman–Crippen MR) is 93.0 cm³/mol. The van der Waals surface area contributed by atoms with E-state index in [2.05, 4.69) is 36.2 Å². The average Bonchev–Trinajstić information content (AvgIpc) is 2.56. The van der Waals surface area contributed by atoms with Crippen LogP contribution in [0.15, 0.2) is 42.6 Å². The van der Waals surface area contributed by atoms with Gasteiger partial charge in [-0.1, -0.05) is 38.1 Å². The van der Waals surface area contributed by atoms with Gasteiger partial charge in [0, 0.05) is 24.5 Å². The van der Waals surface area contributed by atoms with Gasteiger partial charge in [-0.15, -0.1) is 0 Å². The first-order valence-electron chi connectivity index (χ1n) is 8.30. The van der Waals surface area contributed by atoms with Crippen LogP contribution in [-0.4, -0.2) is 17.4 Å². The summed E-state index contributed by atoms with van der Waals surface area (Å²) >= 11 is 0. The Kier molecular flexibility index (Phi) is 6.33. The molecular weight excluding hydrogens is 286 g/mol. The summed E-state index contributed by atoms with van der Waals surface area (Å²) in [6.45, 7) is 6.75. The monoisotopic (exact) mass is 311 g/mol. The van der Waals surface area contributed by atoms with Crippen molar-refractivity contribution in [2.45, 2.75) is 46.0 Å². The number of benzene rings is 1. The van der Waals surface area contributed by atoms with Crippen molar-refractivity contribution in [1.29, 1.82) is 0 Å². The smallest absolute Gasteiger partial charge is 0.137 e. The van der Waals surface area contributed by atoms with Gasteiger partial charge in [0.15, 0.2) is 0 Å². The molecular formula is C20H25NO2. The number of aromatic nitrogens is 1. The minimum absolute atomic E-state index is 0.119. The van der Waals surface area contributed by atoms with Crippen LogP contribution < -0.4 is 4.74 Å². The Labute approximate surface area is 138 Å². The van der Waals surface area contributed by atoms with Crippen molar-refractivity contribution in [2.75, 3.05) is 6.61 Å². The molecule has 1 atom stereocenters. The van der Waals surface area contributed by atoms with E-state index in [0.717, 1.165) is 23.4 Å². The molecule has 0 aliphatic heterocycles. The van der Waals surface area contributed by atoms with Crippen molar-refractivity contribution in [3.63, 3.8) is 0 Å². The first-order valence-corrected chi connectivity index (χ1v) is 8.30. The molecule has 3 heteroatoms.